The highest BCUT2D eigenvalue weighted by Gasteiger charge is 2.42. The predicted octanol–water partition coefficient (Wildman–Crippen LogP) is -1.05. The average molecular weight is 226 g/mol. The lowest BCUT2D eigenvalue weighted by atomic mass is 10.1. The first-order valence-corrected chi connectivity index (χ1v) is 5.26. The van der Waals surface area contributed by atoms with Gasteiger partial charge in [0.05, 0.1) is 12.6 Å². The van der Waals surface area contributed by atoms with Gasteiger partial charge in [-0.25, -0.2) is 9.59 Å². The smallest absolute Gasteiger partial charge is 0.324 e. The van der Waals surface area contributed by atoms with Crippen molar-refractivity contribution in [3.63, 3.8) is 0 Å². The molecule has 2 aliphatic rings. The Bertz CT molecular complexity index is 322. The molecule has 5 amide bonds. The van der Waals surface area contributed by atoms with Crippen LogP contribution in [-0.2, 0) is 4.79 Å². The molecule has 88 valence electrons. The highest BCUT2D eigenvalue weighted by Crippen LogP contribution is 2.17. The van der Waals surface area contributed by atoms with Crippen molar-refractivity contribution < 1.29 is 14.4 Å². The Morgan fingerprint density at radius 3 is 2.69 bits per heavy atom. The summed E-state index contributed by atoms with van der Waals surface area (Å²) < 4.78 is 0. The first kappa shape index (κ1) is 10.7. The topological polar surface area (TPSA) is 81.8 Å². The molecule has 0 saturated carbocycles. The number of rotatable bonds is 2. The summed E-state index contributed by atoms with van der Waals surface area (Å²) in [5.74, 6) is -0.217. The van der Waals surface area contributed by atoms with Crippen molar-refractivity contribution in [1.29, 1.82) is 0 Å². The molecule has 2 saturated heterocycles. The van der Waals surface area contributed by atoms with Crippen molar-refractivity contribution in [3.8, 4) is 0 Å². The van der Waals surface area contributed by atoms with Crippen molar-refractivity contribution in [2.75, 3.05) is 26.2 Å². The summed E-state index contributed by atoms with van der Waals surface area (Å²) in [7, 11) is 0. The number of likely N-dealkylation sites (tertiary alicyclic amines) is 1. The van der Waals surface area contributed by atoms with E-state index in [9.17, 15) is 14.4 Å². The molecule has 0 aliphatic carbocycles. The summed E-state index contributed by atoms with van der Waals surface area (Å²) >= 11 is 0. The summed E-state index contributed by atoms with van der Waals surface area (Å²) in [5, 5.41) is 5.12. The van der Waals surface area contributed by atoms with E-state index in [1.807, 2.05) is 6.92 Å². The Kier molecular flexibility index (Phi) is 2.67. The number of nitrogens with one attached hydrogen (secondary N) is 2. The molecule has 0 aromatic heterocycles. The maximum atomic E-state index is 11.4. The van der Waals surface area contributed by atoms with Gasteiger partial charge in [0, 0.05) is 19.6 Å². The van der Waals surface area contributed by atoms with Crippen molar-refractivity contribution in [2.45, 2.75) is 13.0 Å². The highest BCUT2D eigenvalue weighted by atomic mass is 16.2. The van der Waals surface area contributed by atoms with Crippen LogP contribution in [0.15, 0.2) is 0 Å². The van der Waals surface area contributed by atoms with Gasteiger partial charge >= 0.3 is 12.1 Å². The van der Waals surface area contributed by atoms with Crippen LogP contribution in [0.5, 0.6) is 0 Å². The Hall–Kier alpha value is -1.79. The van der Waals surface area contributed by atoms with Crippen LogP contribution in [0.4, 0.5) is 9.59 Å². The molecule has 0 aromatic rings. The summed E-state index contributed by atoms with van der Waals surface area (Å²) in [6.07, 6.45) is 0. The molecule has 0 atom stereocenters. The van der Waals surface area contributed by atoms with E-state index in [0.717, 1.165) is 0 Å². The first-order valence-electron chi connectivity index (χ1n) is 5.26. The zero-order valence-corrected chi connectivity index (χ0v) is 9.02. The van der Waals surface area contributed by atoms with Crippen LogP contribution in [0, 0.1) is 0 Å². The number of carbonyl (C=O) groups is 3. The minimum absolute atomic E-state index is 0.0660. The molecule has 0 bridgehead atoms. The predicted molar refractivity (Wildman–Crippen MR) is 54.7 cm³/mol. The molecular weight excluding hydrogens is 212 g/mol. The van der Waals surface area contributed by atoms with Gasteiger partial charge in [0.1, 0.15) is 0 Å². The van der Waals surface area contributed by atoms with Gasteiger partial charge < -0.3 is 15.5 Å². The Balaban J connectivity index is 1.86. The van der Waals surface area contributed by atoms with Crippen LogP contribution < -0.4 is 10.6 Å². The van der Waals surface area contributed by atoms with Crippen molar-refractivity contribution >= 4 is 18.0 Å². The molecule has 2 rings (SSSR count). The van der Waals surface area contributed by atoms with Crippen LogP contribution in [0.1, 0.15) is 6.92 Å². The Labute approximate surface area is 92.8 Å². The number of hydrogen-bond acceptors (Lipinski definition) is 3. The molecule has 0 spiro atoms. The zero-order chi connectivity index (χ0) is 11.7. The SMILES string of the molecule is CCNC(=O)N1CC(N2C(=O)CNC2=O)C1. The van der Waals surface area contributed by atoms with Crippen molar-refractivity contribution in [3.05, 3.63) is 0 Å². The monoisotopic (exact) mass is 226 g/mol. The van der Waals surface area contributed by atoms with Crippen LogP contribution in [-0.4, -0.2) is 60.0 Å². The number of amides is 5. The fourth-order valence-electron chi connectivity index (χ4n) is 1.85. The van der Waals surface area contributed by atoms with Crippen molar-refractivity contribution in [1.82, 2.24) is 20.4 Å². The highest BCUT2D eigenvalue weighted by molar-refractivity contribution is 6.02. The van der Waals surface area contributed by atoms with E-state index in [1.54, 1.807) is 4.90 Å². The van der Waals surface area contributed by atoms with Gasteiger partial charge in [-0.2, -0.15) is 0 Å². The summed E-state index contributed by atoms with van der Waals surface area (Å²) in [5.41, 5.74) is 0. The first-order chi connectivity index (χ1) is 7.63. The second-order valence-corrected chi connectivity index (χ2v) is 3.82. The van der Waals surface area contributed by atoms with E-state index in [0.29, 0.717) is 19.6 Å². The van der Waals surface area contributed by atoms with E-state index >= 15 is 0 Å². The second-order valence-electron chi connectivity index (χ2n) is 3.82. The molecule has 2 aliphatic heterocycles. The summed E-state index contributed by atoms with van der Waals surface area (Å²) in [6, 6.07) is -0.672. The molecule has 7 heteroatoms. The number of nitrogens with zero attached hydrogens (tertiary/aromatic N) is 2. The molecule has 2 fully saturated rings. The summed E-state index contributed by atoms with van der Waals surface area (Å²) in [6.45, 7) is 3.32. The van der Waals surface area contributed by atoms with Crippen LogP contribution >= 0.6 is 0 Å². The molecule has 0 unspecified atom stereocenters. The number of urea groups is 2. The minimum Gasteiger partial charge on any atom is -0.338 e. The van der Waals surface area contributed by atoms with Gasteiger partial charge in [-0.1, -0.05) is 0 Å². The van der Waals surface area contributed by atoms with E-state index in [1.165, 1.54) is 4.90 Å². The van der Waals surface area contributed by atoms with Gasteiger partial charge in [-0.3, -0.25) is 9.69 Å². The lowest BCUT2D eigenvalue weighted by molar-refractivity contribution is -0.128. The molecule has 7 nitrogen and oxygen atoms in total. The minimum atomic E-state index is -0.356. The molecular formula is C9H14N4O3. The maximum Gasteiger partial charge on any atom is 0.324 e. The fraction of sp³-hybridized carbons (Fsp3) is 0.667. The molecule has 2 heterocycles. The molecule has 0 radical (unpaired) electrons. The molecule has 2 N–H and O–H groups in total. The van der Waals surface area contributed by atoms with E-state index in [4.69, 9.17) is 0 Å². The normalized spacial score (nSPS) is 20.8. The number of carbonyl (C=O) groups excluding carboxylic acids is 3. The maximum absolute atomic E-state index is 11.4. The van der Waals surface area contributed by atoms with E-state index in [2.05, 4.69) is 10.6 Å². The second kappa shape index (κ2) is 3.99. The third-order valence-corrected chi connectivity index (χ3v) is 2.72. The number of imide groups is 1. The van der Waals surface area contributed by atoms with Crippen LogP contribution in [0.3, 0.4) is 0 Å². The lowest BCUT2D eigenvalue weighted by Gasteiger charge is -2.42. The largest absolute Gasteiger partial charge is 0.338 e. The third kappa shape index (κ3) is 1.68. The number of hydrogen-bond donors (Lipinski definition) is 2. The zero-order valence-electron chi connectivity index (χ0n) is 9.02. The standard InChI is InChI=1S/C9H14N4O3/c1-2-10-8(15)12-4-6(5-12)13-7(14)3-11-9(13)16/h6H,2-5H2,1H3,(H,10,15)(H,11,16). The van der Waals surface area contributed by atoms with Gasteiger partial charge in [-0.05, 0) is 6.92 Å². The quantitative estimate of drug-likeness (QED) is 0.589. The lowest BCUT2D eigenvalue weighted by Crippen LogP contribution is -2.64. The molecule has 16 heavy (non-hydrogen) atoms. The Morgan fingerprint density at radius 2 is 2.19 bits per heavy atom. The third-order valence-electron chi connectivity index (χ3n) is 2.72. The molecule has 0 aromatic carbocycles. The van der Waals surface area contributed by atoms with E-state index in [-0.39, 0.29) is 30.6 Å². The van der Waals surface area contributed by atoms with E-state index < -0.39 is 0 Å². The van der Waals surface area contributed by atoms with Crippen LogP contribution in [0.2, 0.25) is 0 Å². The van der Waals surface area contributed by atoms with Gasteiger partial charge in [-0.15, -0.1) is 0 Å². The van der Waals surface area contributed by atoms with Gasteiger partial charge in [0.15, 0.2) is 0 Å². The average Bonchev–Trinajstić information content (AvgIpc) is 2.47. The van der Waals surface area contributed by atoms with Gasteiger partial charge in [0.25, 0.3) is 0 Å². The van der Waals surface area contributed by atoms with Crippen molar-refractivity contribution in [2.24, 2.45) is 0 Å². The summed E-state index contributed by atoms with van der Waals surface area (Å²) in [4.78, 5) is 36.8. The Morgan fingerprint density at radius 1 is 1.50 bits per heavy atom. The van der Waals surface area contributed by atoms with Gasteiger partial charge in [0.2, 0.25) is 5.91 Å². The fourth-order valence-corrected chi connectivity index (χ4v) is 1.85. The van der Waals surface area contributed by atoms with Crippen LogP contribution in [0.25, 0.3) is 0 Å².